The van der Waals surface area contributed by atoms with Crippen molar-refractivity contribution in [1.29, 1.82) is 0 Å². The van der Waals surface area contributed by atoms with Crippen LogP contribution in [-0.2, 0) is 11.2 Å². The molecule has 2 aromatic heterocycles. The Kier molecular flexibility index (Phi) is 1.70. The molecule has 13 heavy (non-hydrogen) atoms. The molecule has 2 rings (SSSR count). The number of pyridine rings is 1. The van der Waals surface area contributed by atoms with Gasteiger partial charge in [0.2, 0.25) is 0 Å². The molecule has 0 aliphatic rings. The first-order valence-electron chi connectivity index (χ1n) is 3.76. The van der Waals surface area contributed by atoms with Crippen LogP contribution in [-0.4, -0.2) is 25.9 Å². The van der Waals surface area contributed by atoms with Crippen molar-refractivity contribution in [2.75, 3.05) is 0 Å². The Labute approximate surface area is 73.6 Å². The number of carboxylic acids is 1. The summed E-state index contributed by atoms with van der Waals surface area (Å²) in [6, 6.07) is 3.48. The highest BCUT2D eigenvalue weighted by molar-refractivity contribution is 5.70. The predicted molar refractivity (Wildman–Crippen MR) is 44.3 cm³/mol. The van der Waals surface area contributed by atoms with Gasteiger partial charge in [-0.3, -0.25) is 4.79 Å². The zero-order valence-electron chi connectivity index (χ0n) is 6.71. The van der Waals surface area contributed by atoms with E-state index in [1.54, 1.807) is 29.0 Å². The molecule has 0 unspecified atom stereocenters. The molecule has 2 aromatic rings. The Balaban J connectivity index is 2.42. The molecule has 0 amide bonds. The summed E-state index contributed by atoms with van der Waals surface area (Å²) < 4.78 is 1.59. The van der Waals surface area contributed by atoms with Crippen LogP contribution < -0.4 is 0 Å². The van der Waals surface area contributed by atoms with E-state index in [2.05, 4.69) is 10.3 Å². The molecule has 5 heteroatoms. The van der Waals surface area contributed by atoms with E-state index in [1.807, 2.05) is 0 Å². The molecule has 2 heterocycles. The van der Waals surface area contributed by atoms with Crippen molar-refractivity contribution in [2.24, 2.45) is 0 Å². The highest BCUT2D eigenvalue weighted by atomic mass is 16.4. The van der Waals surface area contributed by atoms with Crippen LogP contribution in [0.25, 0.3) is 5.52 Å². The molecule has 0 bridgehead atoms. The van der Waals surface area contributed by atoms with Gasteiger partial charge in [-0.15, -0.1) is 5.10 Å². The molecule has 66 valence electrons. The number of hydrogen-bond donors (Lipinski definition) is 1. The third kappa shape index (κ3) is 1.48. The Bertz CT molecular complexity index is 449. The summed E-state index contributed by atoms with van der Waals surface area (Å²) in [5.74, 6) is -0.836. The average molecular weight is 177 g/mol. The Morgan fingerprint density at radius 3 is 3.23 bits per heavy atom. The molecule has 0 radical (unpaired) electrons. The molecule has 0 aliphatic heterocycles. The monoisotopic (exact) mass is 177 g/mol. The summed E-state index contributed by atoms with van der Waals surface area (Å²) in [4.78, 5) is 10.4. The van der Waals surface area contributed by atoms with Gasteiger partial charge in [-0.05, 0) is 17.7 Å². The van der Waals surface area contributed by atoms with E-state index >= 15 is 0 Å². The van der Waals surface area contributed by atoms with Gasteiger partial charge in [0.25, 0.3) is 0 Å². The van der Waals surface area contributed by atoms with Crippen molar-refractivity contribution in [3.05, 3.63) is 30.1 Å². The van der Waals surface area contributed by atoms with E-state index in [0.717, 1.165) is 11.1 Å². The molecule has 0 saturated carbocycles. The van der Waals surface area contributed by atoms with Crippen molar-refractivity contribution < 1.29 is 9.90 Å². The van der Waals surface area contributed by atoms with Gasteiger partial charge in [0.15, 0.2) is 0 Å². The van der Waals surface area contributed by atoms with Gasteiger partial charge < -0.3 is 5.11 Å². The number of aromatic nitrogens is 3. The summed E-state index contributed by atoms with van der Waals surface area (Å²) in [7, 11) is 0. The van der Waals surface area contributed by atoms with E-state index in [4.69, 9.17) is 5.11 Å². The van der Waals surface area contributed by atoms with Gasteiger partial charge in [0.05, 0.1) is 18.1 Å². The van der Waals surface area contributed by atoms with Gasteiger partial charge in [-0.1, -0.05) is 5.21 Å². The maximum absolute atomic E-state index is 10.4. The van der Waals surface area contributed by atoms with Crippen LogP contribution in [0.1, 0.15) is 5.56 Å². The summed E-state index contributed by atoms with van der Waals surface area (Å²) in [5.41, 5.74) is 1.56. The van der Waals surface area contributed by atoms with E-state index in [9.17, 15) is 4.79 Å². The SMILES string of the molecule is O=C(O)Cc1ccn2nncc2c1. The molecule has 1 N–H and O–H groups in total. The number of rotatable bonds is 2. The second kappa shape index (κ2) is 2.85. The third-order valence-corrected chi connectivity index (χ3v) is 1.72. The van der Waals surface area contributed by atoms with Gasteiger partial charge >= 0.3 is 5.97 Å². The summed E-state index contributed by atoms with van der Waals surface area (Å²) in [5, 5.41) is 16.0. The normalized spacial score (nSPS) is 10.5. The highest BCUT2D eigenvalue weighted by Crippen LogP contribution is 2.05. The van der Waals surface area contributed by atoms with Gasteiger partial charge in [-0.2, -0.15) is 0 Å². The van der Waals surface area contributed by atoms with Crippen molar-refractivity contribution in [3.63, 3.8) is 0 Å². The van der Waals surface area contributed by atoms with Crippen LogP contribution in [0.4, 0.5) is 0 Å². The van der Waals surface area contributed by atoms with Crippen LogP contribution in [0.2, 0.25) is 0 Å². The van der Waals surface area contributed by atoms with Crippen LogP contribution in [0.5, 0.6) is 0 Å². The Morgan fingerprint density at radius 2 is 2.46 bits per heavy atom. The number of nitrogens with zero attached hydrogens (tertiary/aromatic N) is 3. The fourth-order valence-electron chi connectivity index (χ4n) is 1.16. The number of aliphatic carboxylic acids is 1. The lowest BCUT2D eigenvalue weighted by Crippen LogP contribution is -2.00. The largest absolute Gasteiger partial charge is 0.481 e. The van der Waals surface area contributed by atoms with Gasteiger partial charge in [0, 0.05) is 6.20 Å². The molecule has 0 atom stereocenters. The molecular weight excluding hydrogens is 170 g/mol. The molecule has 5 nitrogen and oxygen atoms in total. The predicted octanol–water partition coefficient (Wildman–Crippen LogP) is 0.356. The average Bonchev–Trinajstić information content (AvgIpc) is 2.49. The van der Waals surface area contributed by atoms with Crippen LogP contribution >= 0.6 is 0 Å². The lowest BCUT2D eigenvalue weighted by Gasteiger charge is -1.96. The van der Waals surface area contributed by atoms with E-state index in [1.165, 1.54) is 0 Å². The zero-order valence-corrected chi connectivity index (χ0v) is 6.71. The first-order valence-corrected chi connectivity index (χ1v) is 3.76. The number of fused-ring (bicyclic) bond motifs is 1. The van der Waals surface area contributed by atoms with E-state index < -0.39 is 5.97 Å². The molecule has 0 fully saturated rings. The summed E-state index contributed by atoms with van der Waals surface area (Å²) in [6.07, 6.45) is 3.31. The topological polar surface area (TPSA) is 67.5 Å². The first kappa shape index (κ1) is 7.72. The third-order valence-electron chi connectivity index (χ3n) is 1.72. The second-order valence-corrected chi connectivity index (χ2v) is 2.71. The van der Waals surface area contributed by atoms with Gasteiger partial charge in [-0.25, -0.2) is 4.52 Å². The minimum Gasteiger partial charge on any atom is -0.481 e. The number of carboxylic acid groups (broad SMARTS) is 1. The molecular formula is C8H7N3O2. The van der Waals surface area contributed by atoms with Crippen molar-refractivity contribution >= 4 is 11.5 Å². The second-order valence-electron chi connectivity index (χ2n) is 2.71. The zero-order chi connectivity index (χ0) is 9.26. The Morgan fingerprint density at radius 1 is 1.62 bits per heavy atom. The molecule has 0 spiro atoms. The van der Waals surface area contributed by atoms with Crippen LogP contribution in [0.15, 0.2) is 24.5 Å². The minimum absolute atomic E-state index is 0.0294. The van der Waals surface area contributed by atoms with Gasteiger partial charge in [0.1, 0.15) is 0 Å². The first-order chi connectivity index (χ1) is 6.25. The number of carbonyl (C=O) groups is 1. The quantitative estimate of drug-likeness (QED) is 0.719. The highest BCUT2D eigenvalue weighted by Gasteiger charge is 2.01. The fraction of sp³-hybridized carbons (Fsp3) is 0.125. The molecule has 0 saturated heterocycles. The van der Waals surface area contributed by atoms with Crippen LogP contribution in [0, 0.1) is 0 Å². The maximum Gasteiger partial charge on any atom is 0.307 e. The van der Waals surface area contributed by atoms with Crippen molar-refractivity contribution in [2.45, 2.75) is 6.42 Å². The van der Waals surface area contributed by atoms with E-state index in [-0.39, 0.29) is 6.42 Å². The lowest BCUT2D eigenvalue weighted by atomic mass is 10.2. The smallest absolute Gasteiger partial charge is 0.307 e. The minimum atomic E-state index is -0.836. The Hall–Kier alpha value is -1.91. The van der Waals surface area contributed by atoms with Crippen LogP contribution in [0.3, 0.4) is 0 Å². The standard InChI is InChI=1S/C8H7N3O2/c12-8(13)4-6-1-2-11-7(3-6)5-9-10-11/h1-3,5H,4H2,(H,12,13). The lowest BCUT2D eigenvalue weighted by molar-refractivity contribution is -0.136. The van der Waals surface area contributed by atoms with E-state index in [0.29, 0.717) is 0 Å². The summed E-state index contributed by atoms with van der Waals surface area (Å²) in [6.45, 7) is 0. The maximum atomic E-state index is 10.4. The molecule has 0 aliphatic carbocycles. The van der Waals surface area contributed by atoms with Crippen molar-refractivity contribution in [3.8, 4) is 0 Å². The molecule has 0 aromatic carbocycles. The fourth-order valence-corrected chi connectivity index (χ4v) is 1.16. The van der Waals surface area contributed by atoms with Crippen molar-refractivity contribution in [1.82, 2.24) is 14.8 Å². The summed E-state index contributed by atoms with van der Waals surface area (Å²) >= 11 is 0. The number of hydrogen-bond acceptors (Lipinski definition) is 3.